The highest BCUT2D eigenvalue weighted by Crippen LogP contribution is 2.22. The maximum Gasteiger partial charge on any atom is 0.387 e. The Morgan fingerprint density at radius 1 is 1.04 bits per heavy atom. The number of nitrogens with one attached hydrogen (secondary N) is 2. The molecule has 146 valence electrons. The number of rotatable bonds is 8. The maximum atomic E-state index is 12.6. The molecule has 2 aromatic rings. The zero-order chi connectivity index (χ0) is 19.6. The van der Waals surface area contributed by atoms with Crippen LogP contribution >= 0.6 is 0 Å². The summed E-state index contributed by atoms with van der Waals surface area (Å²) in [6, 6.07) is 13.2. The molecule has 0 aliphatic carbocycles. The second-order valence-electron chi connectivity index (χ2n) is 6.02. The van der Waals surface area contributed by atoms with Gasteiger partial charge in [0.15, 0.2) is 5.96 Å². The summed E-state index contributed by atoms with van der Waals surface area (Å²) in [7, 11) is 3.32. The van der Waals surface area contributed by atoms with Crippen molar-refractivity contribution in [3.63, 3.8) is 0 Å². The third-order valence-corrected chi connectivity index (χ3v) is 3.90. The van der Waals surface area contributed by atoms with Crippen LogP contribution in [0.5, 0.6) is 5.75 Å². The molecule has 0 aromatic heterocycles. The number of nitrogens with zero attached hydrogens (tertiary/aromatic N) is 1. The van der Waals surface area contributed by atoms with E-state index in [1.165, 1.54) is 0 Å². The molecule has 0 saturated carbocycles. The van der Waals surface area contributed by atoms with E-state index < -0.39 is 6.61 Å². The predicted octanol–water partition coefficient (Wildman–Crippen LogP) is 3.61. The van der Waals surface area contributed by atoms with Crippen molar-refractivity contribution in [2.45, 2.75) is 33.2 Å². The molecule has 27 heavy (non-hydrogen) atoms. The van der Waals surface area contributed by atoms with Gasteiger partial charge in [-0.05, 0) is 24.1 Å². The molecule has 0 fully saturated rings. The summed E-state index contributed by atoms with van der Waals surface area (Å²) in [5, 5.41) is 6.32. The molecule has 0 amide bonds. The van der Waals surface area contributed by atoms with Gasteiger partial charge in [0.05, 0.1) is 6.61 Å². The van der Waals surface area contributed by atoms with Gasteiger partial charge < -0.3 is 20.1 Å². The van der Waals surface area contributed by atoms with Crippen molar-refractivity contribution in [1.29, 1.82) is 0 Å². The highest BCUT2D eigenvalue weighted by molar-refractivity contribution is 5.79. The lowest BCUT2D eigenvalue weighted by molar-refractivity contribution is -0.0504. The molecule has 0 unspecified atom stereocenters. The van der Waals surface area contributed by atoms with Crippen LogP contribution < -0.4 is 15.4 Å². The van der Waals surface area contributed by atoms with Crippen molar-refractivity contribution in [3.05, 3.63) is 64.7 Å². The van der Waals surface area contributed by atoms with Gasteiger partial charge in [-0.3, -0.25) is 4.99 Å². The molecule has 0 saturated heterocycles. The van der Waals surface area contributed by atoms with E-state index in [2.05, 4.69) is 20.4 Å². The Morgan fingerprint density at radius 3 is 2.33 bits per heavy atom. The second kappa shape index (κ2) is 10.5. The van der Waals surface area contributed by atoms with E-state index in [-0.39, 0.29) is 5.75 Å². The fraction of sp³-hybridized carbons (Fsp3) is 0.350. The van der Waals surface area contributed by atoms with Crippen LogP contribution in [0.1, 0.15) is 22.3 Å². The summed E-state index contributed by atoms with van der Waals surface area (Å²) in [4.78, 5) is 4.16. The molecule has 7 heteroatoms. The first-order chi connectivity index (χ1) is 13.0. The van der Waals surface area contributed by atoms with Crippen molar-refractivity contribution in [2.24, 2.45) is 4.99 Å². The van der Waals surface area contributed by atoms with Crippen molar-refractivity contribution in [1.82, 2.24) is 10.6 Å². The van der Waals surface area contributed by atoms with E-state index in [0.717, 1.165) is 16.7 Å². The first kappa shape index (κ1) is 20.6. The molecule has 0 bridgehead atoms. The summed E-state index contributed by atoms with van der Waals surface area (Å²) in [6.45, 7) is 0.522. The number of guanidine groups is 1. The molecule has 0 aliphatic heterocycles. The first-order valence-corrected chi connectivity index (χ1v) is 8.57. The van der Waals surface area contributed by atoms with E-state index in [9.17, 15) is 8.78 Å². The van der Waals surface area contributed by atoms with E-state index >= 15 is 0 Å². The lowest BCUT2D eigenvalue weighted by Gasteiger charge is -2.15. The Balaban J connectivity index is 1.93. The lowest BCUT2D eigenvalue weighted by atomic mass is 10.1. The maximum absolute atomic E-state index is 12.6. The Hall–Kier alpha value is -2.67. The van der Waals surface area contributed by atoms with Crippen LogP contribution in [0.4, 0.5) is 8.78 Å². The van der Waals surface area contributed by atoms with Crippen molar-refractivity contribution in [3.8, 4) is 5.75 Å². The van der Waals surface area contributed by atoms with Crippen LogP contribution in [0.15, 0.2) is 47.5 Å². The second-order valence-corrected chi connectivity index (χ2v) is 6.02. The number of hydrogen-bond donors (Lipinski definition) is 2. The van der Waals surface area contributed by atoms with Crippen LogP contribution in [0, 0.1) is 6.92 Å². The third kappa shape index (κ3) is 6.86. The smallest absolute Gasteiger partial charge is 0.387 e. The van der Waals surface area contributed by atoms with Gasteiger partial charge in [0.25, 0.3) is 0 Å². The lowest BCUT2D eigenvalue weighted by Crippen LogP contribution is -2.36. The van der Waals surface area contributed by atoms with Crippen molar-refractivity contribution < 1.29 is 18.3 Å². The number of alkyl halides is 2. The van der Waals surface area contributed by atoms with E-state index in [1.54, 1.807) is 26.3 Å². The van der Waals surface area contributed by atoms with Gasteiger partial charge in [-0.25, -0.2) is 0 Å². The summed E-state index contributed by atoms with van der Waals surface area (Å²) in [5.41, 5.74) is 3.81. The summed E-state index contributed by atoms with van der Waals surface area (Å²) in [5.74, 6) is 0.729. The molecule has 0 spiro atoms. The minimum absolute atomic E-state index is 0.160. The van der Waals surface area contributed by atoms with Gasteiger partial charge in [-0.15, -0.1) is 0 Å². The normalized spacial score (nSPS) is 11.6. The standard InChI is InChI=1S/C20H25F2N3O2/c1-14-4-9-18(27-19(21)22)17(10-14)12-25-20(23-2)24-11-15-5-7-16(8-6-15)13-26-3/h4-10,19H,11-13H2,1-3H3,(H2,23,24,25). The van der Waals surface area contributed by atoms with Crippen LogP contribution in [0.25, 0.3) is 0 Å². The monoisotopic (exact) mass is 377 g/mol. The molecule has 2 aromatic carbocycles. The highest BCUT2D eigenvalue weighted by Gasteiger charge is 2.10. The van der Waals surface area contributed by atoms with Crippen LogP contribution in [0.2, 0.25) is 0 Å². The Morgan fingerprint density at radius 2 is 1.70 bits per heavy atom. The largest absolute Gasteiger partial charge is 0.434 e. The molecular weight excluding hydrogens is 352 g/mol. The predicted molar refractivity (Wildman–Crippen MR) is 102 cm³/mol. The minimum Gasteiger partial charge on any atom is -0.434 e. The number of hydrogen-bond acceptors (Lipinski definition) is 3. The highest BCUT2D eigenvalue weighted by atomic mass is 19.3. The molecule has 0 radical (unpaired) electrons. The number of aliphatic imine (C=N–C) groups is 1. The zero-order valence-corrected chi connectivity index (χ0v) is 15.8. The summed E-state index contributed by atoms with van der Waals surface area (Å²) in [6.07, 6.45) is 0. The summed E-state index contributed by atoms with van der Waals surface area (Å²) < 4.78 is 34.8. The molecule has 5 nitrogen and oxygen atoms in total. The van der Waals surface area contributed by atoms with Gasteiger partial charge in [0.1, 0.15) is 5.75 Å². The number of ether oxygens (including phenoxy) is 2. The Labute approximate surface area is 158 Å². The van der Waals surface area contributed by atoms with Gasteiger partial charge in [-0.2, -0.15) is 8.78 Å². The van der Waals surface area contributed by atoms with Gasteiger partial charge in [-0.1, -0.05) is 42.0 Å². The third-order valence-electron chi connectivity index (χ3n) is 3.90. The molecule has 2 rings (SSSR count). The van der Waals surface area contributed by atoms with Crippen molar-refractivity contribution in [2.75, 3.05) is 14.2 Å². The average Bonchev–Trinajstić information content (AvgIpc) is 2.65. The van der Waals surface area contributed by atoms with Gasteiger partial charge in [0, 0.05) is 32.8 Å². The number of aryl methyl sites for hydroxylation is 1. The molecule has 0 heterocycles. The number of halogens is 2. The SMILES string of the molecule is CN=C(NCc1ccc(COC)cc1)NCc1cc(C)ccc1OC(F)F. The molecular formula is C20H25F2N3O2. The van der Waals surface area contributed by atoms with E-state index in [1.807, 2.05) is 37.3 Å². The summed E-state index contributed by atoms with van der Waals surface area (Å²) >= 11 is 0. The minimum atomic E-state index is -2.86. The fourth-order valence-corrected chi connectivity index (χ4v) is 2.56. The quantitative estimate of drug-likeness (QED) is 0.545. The molecule has 2 N–H and O–H groups in total. The fourth-order valence-electron chi connectivity index (χ4n) is 2.56. The van der Waals surface area contributed by atoms with Gasteiger partial charge >= 0.3 is 6.61 Å². The van der Waals surface area contributed by atoms with Crippen LogP contribution in [0.3, 0.4) is 0 Å². The Kier molecular flexibility index (Phi) is 8.00. The average molecular weight is 377 g/mol. The molecule has 0 atom stereocenters. The zero-order valence-electron chi connectivity index (χ0n) is 15.8. The number of methoxy groups -OCH3 is 1. The van der Waals surface area contributed by atoms with E-state index in [0.29, 0.717) is 31.2 Å². The molecule has 0 aliphatic rings. The van der Waals surface area contributed by atoms with Crippen LogP contribution in [-0.2, 0) is 24.4 Å². The van der Waals surface area contributed by atoms with Crippen LogP contribution in [-0.4, -0.2) is 26.7 Å². The van der Waals surface area contributed by atoms with E-state index in [4.69, 9.17) is 4.74 Å². The first-order valence-electron chi connectivity index (χ1n) is 8.57. The topological polar surface area (TPSA) is 54.9 Å². The van der Waals surface area contributed by atoms with Gasteiger partial charge in [0.2, 0.25) is 0 Å². The number of benzene rings is 2. The van der Waals surface area contributed by atoms with Crippen molar-refractivity contribution >= 4 is 5.96 Å². The Bertz CT molecular complexity index is 749.